The highest BCUT2D eigenvalue weighted by atomic mass is 16.5. The molecule has 0 aliphatic carbocycles. The van der Waals surface area contributed by atoms with Crippen molar-refractivity contribution in [3.8, 4) is 0 Å². The van der Waals surface area contributed by atoms with Gasteiger partial charge in [0.05, 0.1) is 24.4 Å². The highest BCUT2D eigenvalue weighted by molar-refractivity contribution is 4.95. The second-order valence-electron chi connectivity index (χ2n) is 5.10. The Morgan fingerprint density at radius 3 is 2.39 bits per heavy atom. The zero-order chi connectivity index (χ0) is 13.4. The summed E-state index contributed by atoms with van der Waals surface area (Å²) in [6.07, 6.45) is 2.14. The normalized spacial score (nSPS) is 21.2. The van der Waals surface area contributed by atoms with E-state index in [4.69, 9.17) is 14.2 Å². The maximum atomic E-state index is 6.09. The van der Waals surface area contributed by atoms with Crippen molar-refractivity contribution in [3.63, 3.8) is 0 Å². The molecule has 1 saturated heterocycles. The maximum absolute atomic E-state index is 6.09. The predicted octanol–water partition coefficient (Wildman–Crippen LogP) is 1.98. The van der Waals surface area contributed by atoms with E-state index in [-0.39, 0.29) is 17.7 Å². The molecule has 4 heteroatoms. The van der Waals surface area contributed by atoms with Gasteiger partial charge in [0.15, 0.2) is 0 Å². The van der Waals surface area contributed by atoms with Crippen LogP contribution in [-0.2, 0) is 14.2 Å². The summed E-state index contributed by atoms with van der Waals surface area (Å²) in [5.74, 6) is 0. The van der Waals surface area contributed by atoms with Crippen LogP contribution in [0.15, 0.2) is 0 Å². The lowest BCUT2D eigenvalue weighted by molar-refractivity contribution is -0.139. The summed E-state index contributed by atoms with van der Waals surface area (Å²) in [4.78, 5) is 0. The van der Waals surface area contributed by atoms with Crippen LogP contribution in [0.5, 0.6) is 0 Å². The van der Waals surface area contributed by atoms with Crippen molar-refractivity contribution in [3.05, 3.63) is 0 Å². The molecule has 0 aromatic carbocycles. The smallest absolute Gasteiger partial charge is 0.0900 e. The minimum atomic E-state index is -0.127. The average Bonchev–Trinajstić information content (AvgIpc) is 2.35. The van der Waals surface area contributed by atoms with Crippen molar-refractivity contribution >= 4 is 0 Å². The molecule has 0 bridgehead atoms. The number of nitrogens with one attached hydrogen (secondary N) is 1. The lowest BCUT2D eigenvalue weighted by Gasteiger charge is -2.43. The highest BCUT2D eigenvalue weighted by Gasteiger charge is 2.41. The quantitative estimate of drug-likeness (QED) is 0.723. The molecule has 18 heavy (non-hydrogen) atoms. The van der Waals surface area contributed by atoms with Gasteiger partial charge in [0.2, 0.25) is 0 Å². The fourth-order valence-corrected chi connectivity index (χ4v) is 2.53. The van der Waals surface area contributed by atoms with Gasteiger partial charge in [-0.05, 0) is 27.3 Å². The van der Waals surface area contributed by atoms with E-state index in [2.05, 4.69) is 33.0 Å². The molecule has 0 radical (unpaired) electrons. The summed E-state index contributed by atoms with van der Waals surface area (Å²) in [6.45, 7) is 12.3. The fraction of sp³-hybridized carbons (Fsp3) is 1.00. The summed E-state index contributed by atoms with van der Waals surface area (Å²) in [5.41, 5.74) is -0.127. The van der Waals surface area contributed by atoms with Gasteiger partial charge in [0.25, 0.3) is 0 Å². The Morgan fingerprint density at radius 2 is 1.89 bits per heavy atom. The molecule has 0 aromatic rings. The van der Waals surface area contributed by atoms with Crippen molar-refractivity contribution in [2.24, 2.45) is 0 Å². The highest BCUT2D eigenvalue weighted by Crippen LogP contribution is 2.29. The first-order chi connectivity index (χ1) is 8.64. The van der Waals surface area contributed by atoms with Gasteiger partial charge in [-0.15, -0.1) is 0 Å². The second-order valence-corrected chi connectivity index (χ2v) is 5.10. The molecule has 1 aliphatic rings. The first-order valence-electron chi connectivity index (χ1n) is 7.21. The molecule has 1 heterocycles. The molecule has 0 aromatic heterocycles. The monoisotopic (exact) mass is 259 g/mol. The fourth-order valence-electron chi connectivity index (χ4n) is 2.53. The number of hydrogen-bond acceptors (Lipinski definition) is 4. The molecule has 1 aliphatic heterocycles. The van der Waals surface area contributed by atoms with Crippen LogP contribution in [0.1, 0.15) is 40.5 Å². The van der Waals surface area contributed by atoms with Crippen LogP contribution in [0.4, 0.5) is 0 Å². The van der Waals surface area contributed by atoms with Crippen LogP contribution in [0.25, 0.3) is 0 Å². The van der Waals surface area contributed by atoms with E-state index >= 15 is 0 Å². The largest absolute Gasteiger partial charge is 0.381 e. The first-order valence-corrected chi connectivity index (χ1v) is 7.21. The van der Waals surface area contributed by atoms with Gasteiger partial charge in [-0.1, -0.05) is 6.92 Å². The molecule has 0 saturated carbocycles. The summed E-state index contributed by atoms with van der Waals surface area (Å²) >= 11 is 0. The van der Waals surface area contributed by atoms with E-state index in [0.29, 0.717) is 6.61 Å². The Labute approximate surface area is 111 Å². The SMILES string of the molecule is CCNC(COC(C)C)C1(OCC)CCOCC1. The molecular weight excluding hydrogens is 230 g/mol. The summed E-state index contributed by atoms with van der Waals surface area (Å²) in [5, 5.41) is 3.53. The lowest BCUT2D eigenvalue weighted by atomic mass is 9.86. The number of hydrogen-bond donors (Lipinski definition) is 1. The first kappa shape index (κ1) is 15.9. The Kier molecular flexibility index (Phi) is 7.15. The minimum absolute atomic E-state index is 0.127. The van der Waals surface area contributed by atoms with Gasteiger partial charge < -0.3 is 19.5 Å². The van der Waals surface area contributed by atoms with Gasteiger partial charge in [0, 0.05) is 32.7 Å². The topological polar surface area (TPSA) is 39.7 Å². The molecule has 0 amide bonds. The Balaban J connectivity index is 2.69. The van der Waals surface area contributed by atoms with E-state index in [1.54, 1.807) is 0 Å². The van der Waals surface area contributed by atoms with E-state index in [0.717, 1.165) is 39.2 Å². The molecule has 1 atom stereocenters. The summed E-state index contributed by atoms with van der Waals surface area (Å²) in [6, 6.07) is 0.244. The van der Waals surface area contributed by atoms with Crippen molar-refractivity contribution in [2.75, 3.05) is 33.0 Å². The van der Waals surface area contributed by atoms with Crippen LogP contribution in [0.3, 0.4) is 0 Å². The zero-order valence-electron chi connectivity index (χ0n) is 12.3. The van der Waals surface area contributed by atoms with Crippen molar-refractivity contribution < 1.29 is 14.2 Å². The number of ether oxygens (including phenoxy) is 3. The van der Waals surface area contributed by atoms with Crippen LogP contribution < -0.4 is 5.32 Å². The Hall–Kier alpha value is -0.160. The van der Waals surface area contributed by atoms with Gasteiger partial charge >= 0.3 is 0 Å². The van der Waals surface area contributed by atoms with Crippen LogP contribution in [0, 0.1) is 0 Å². The summed E-state index contributed by atoms with van der Waals surface area (Å²) < 4.78 is 17.4. The van der Waals surface area contributed by atoms with Crippen LogP contribution in [0.2, 0.25) is 0 Å². The maximum Gasteiger partial charge on any atom is 0.0900 e. The third kappa shape index (κ3) is 4.50. The molecule has 0 spiro atoms. The molecule has 1 unspecified atom stereocenters. The van der Waals surface area contributed by atoms with E-state index < -0.39 is 0 Å². The van der Waals surface area contributed by atoms with Gasteiger partial charge in [-0.3, -0.25) is 0 Å². The summed E-state index contributed by atoms with van der Waals surface area (Å²) in [7, 11) is 0. The minimum Gasteiger partial charge on any atom is -0.381 e. The van der Waals surface area contributed by atoms with Gasteiger partial charge in [0.1, 0.15) is 0 Å². The predicted molar refractivity (Wildman–Crippen MR) is 73.0 cm³/mol. The average molecular weight is 259 g/mol. The van der Waals surface area contributed by atoms with Gasteiger partial charge in [-0.2, -0.15) is 0 Å². The Morgan fingerprint density at radius 1 is 1.22 bits per heavy atom. The third-order valence-electron chi connectivity index (χ3n) is 3.45. The molecule has 108 valence electrons. The standard InChI is InChI=1S/C14H29NO3/c1-5-15-13(11-17-12(3)4)14(18-6-2)7-9-16-10-8-14/h12-13,15H,5-11H2,1-4H3. The van der Waals surface area contributed by atoms with Crippen molar-refractivity contribution in [1.82, 2.24) is 5.32 Å². The molecular formula is C14H29NO3. The van der Waals surface area contributed by atoms with E-state index in [1.165, 1.54) is 0 Å². The second kappa shape index (κ2) is 8.10. The molecule has 1 rings (SSSR count). The lowest BCUT2D eigenvalue weighted by Crippen LogP contribution is -2.57. The molecule has 1 fully saturated rings. The Bertz CT molecular complexity index is 210. The van der Waals surface area contributed by atoms with Gasteiger partial charge in [-0.25, -0.2) is 0 Å². The van der Waals surface area contributed by atoms with Crippen LogP contribution >= 0.6 is 0 Å². The molecule has 4 nitrogen and oxygen atoms in total. The zero-order valence-corrected chi connectivity index (χ0v) is 12.3. The molecule has 1 N–H and O–H groups in total. The van der Waals surface area contributed by atoms with E-state index in [9.17, 15) is 0 Å². The van der Waals surface area contributed by atoms with Crippen molar-refractivity contribution in [1.29, 1.82) is 0 Å². The van der Waals surface area contributed by atoms with Crippen LogP contribution in [-0.4, -0.2) is 50.7 Å². The van der Waals surface area contributed by atoms with Crippen molar-refractivity contribution in [2.45, 2.75) is 58.3 Å². The van der Waals surface area contributed by atoms with E-state index in [1.807, 2.05) is 0 Å². The third-order valence-corrected chi connectivity index (χ3v) is 3.45. The number of likely N-dealkylation sites (N-methyl/N-ethyl adjacent to an activating group) is 1. The number of rotatable bonds is 8.